The number of hydrogen-bond donors (Lipinski definition) is 1. The summed E-state index contributed by atoms with van der Waals surface area (Å²) < 4.78 is 18.1. The van der Waals surface area contributed by atoms with Gasteiger partial charge in [0.1, 0.15) is 11.6 Å². The van der Waals surface area contributed by atoms with Crippen molar-refractivity contribution < 1.29 is 9.13 Å². The number of rotatable bonds is 5. The average molecular weight is 274 g/mol. The molecule has 1 N–H and O–H groups in total. The van der Waals surface area contributed by atoms with Crippen LogP contribution in [0.25, 0.3) is 0 Å². The van der Waals surface area contributed by atoms with Gasteiger partial charge in [0.25, 0.3) is 0 Å². The Morgan fingerprint density at radius 2 is 1.95 bits per heavy atom. The Morgan fingerprint density at radius 3 is 2.60 bits per heavy atom. The molecule has 3 nitrogen and oxygen atoms in total. The molecule has 4 heteroatoms. The molecule has 0 aliphatic carbocycles. The van der Waals surface area contributed by atoms with Gasteiger partial charge in [0.05, 0.1) is 12.8 Å². The highest BCUT2D eigenvalue weighted by Crippen LogP contribution is 2.16. The molecule has 1 atom stereocenters. The SMILES string of the molecule is COc1cc(C)nc(CN[C@@H](C)c2ccc(F)cc2)c1. The van der Waals surface area contributed by atoms with Gasteiger partial charge in [0.2, 0.25) is 0 Å². The van der Waals surface area contributed by atoms with E-state index in [1.807, 2.05) is 26.0 Å². The van der Waals surface area contributed by atoms with Crippen molar-refractivity contribution in [2.24, 2.45) is 0 Å². The van der Waals surface area contributed by atoms with E-state index in [-0.39, 0.29) is 11.9 Å². The second kappa shape index (κ2) is 6.48. The number of methoxy groups -OCH3 is 1. The molecule has 0 unspecified atom stereocenters. The second-order valence-corrected chi connectivity index (χ2v) is 4.79. The Hall–Kier alpha value is -1.94. The van der Waals surface area contributed by atoms with E-state index in [0.29, 0.717) is 6.54 Å². The van der Waals surface area contributed by atoms with Gasteiger partial charge in [-0.3, -0.25) is 4.98 Å². The summed E-state index contributed by atoms with van der Waals surface area (Å²) in [7, 11) is 1.65. The van der Waals surface area contributed by atoms with Gasteiger partial charge >= 0.3 is 0 Å². The van der Waals surface area contributed by atoms with Crippen LogP contribution in [-0.4, -0.2) is 12.1 Å². The highest BCUT2D eigenvalue weighted by Gasteiger charge is 2.06. The van der Waals surface area contributed by atoms with Crippen molar-refractivity contribution in [2.45, 2.75) is 26.4 Å². The minimum absolute atomic E-state index is 0.129. The summed E-state index contributed by atoms with van der Waals surface area (Å²) in [6.45, 7) is 4.62. The van der Waals surface area contributed by atoms with E-state index in [1.165, 1.54) is 12.1 Å². The Kier molecular flexibility index (Phi) is 4.69. The monoisotopic (exact) mass is 274 g/mol. The summed E-state index contributed by atoms with van der Waals surface area (Å²) in [4.78, 5) is 4.46. The maximum atomic E-state index is 12.9. The van der Waals surface area contributed by atoms with Crippen molar-refractivity contribution >= 4 is 0 Å². The summed E-state index contributed by atoms with van der Waals surface area (Å²) in [6.07, 6.45) is 0. The molecule has 0 spiro atoms. The van der Waals surface area contributed by atoms with Crippen LogP contribution in [0.2, 0.25) is 0 Å². The Balaban J connectivity index is 2.01. The van der Waals surface area contributed by atoms with Crippen molar-refractivity contribution in [1.82, 2.24) is 10.3 Å². The maximum Gasteiger partial charge on any atom is 0.123 e. The Labute approximate surface area is 118 Å². The van der Waals surface area contributed by atoms with E-state index < -0.39 is 0 Å². The number of halogens is 1. The fourth-order valence-corrected chi connectivity index (χ4v) is 2.04. The topological polar surface area (TPSA) is 34.1 Å². The predicted molar refractivity (Wildman–Crippen MR) is 77.2 cm³/mol. The van der Waals surface area contributed by atoms with Gasteiger partial charge in [-0.15, -0.1) is 0 Å². The molecule has 0 saturated carbocycles. The molecule has 1 aromatic heterocycles. The highest BCUT2D eigenvalue weighted by molar-refractivity contribution is 5.27. The van der Waals surface area contributed by atoms with Gasteiger partial charge in [-0.1, -0.05) is 12.1 Å². The molecule has 1 aromatic carbocycles. The molecule has 0 radical (unpaired) electrons. The third-order valence-electron chi connectivity index (χ3n) is 3.18. The lowest BCUT2D eigenvalue weighted by atomic mass is 10.1. The largest absolute Gasteiger partial charge is 0.497 e. The summed E-state index contributed by atoms with van der Waals surface area (Å²) >= 11 is 0. The summed E-state index contributed by atoms with van der Waals surface area (Å²) in [5, 5.41) is 3.37. The van der Waals surface area contributed by atoms with E-state index in [0.717, 1.165) is 22.7 Å². The third-order valence-corrected chi connectivity index (χ3v) is 3.18. The lowest BCUT2D eigenvalue weighted by Gasteiger charge is -2.14. The zero-order valence-electron chi connectivity index (χ0n) is 12.0. The molecular formula is C16H19FN2O. The fourth-order valence-electron chi connectivity index (χ4n) is 2.04. The maximum absolute atomic E-state index is 12.9. The zero-order chi connectivity index (χ0) is 14.5. The Bertz CT molecular complexity index is 569. The van der Waals surface area contributed by atoms with E-state index in [4.69, 9.17) is 4.74 Å². The molecule has 0 saturated heterocycles. The smallest absolute Gasteiger partial charge is 0.123 e. The molecule has 106 valence electrons. The molecule has 0 bridgehead atoms. The molecule has 0 aliphatic rings. The minimum Gasteiger partial charge on any atom is -0.497 e. The van der Waals surface area contributed by atoms with Crippen LogP contribution < -0.4 is 10.1 Å². The van der Waals surface area contributed by atoms with Crippen LogP contribution in [0.4, 0.5) is 4.39 Å². The average Bonchev–Trinajstić information content (AvgIpc) is 2.45. The zero-order valence-corrected chi connectivity index (χ0v) is 12.0. The van der Waals surface area contributed by atoms with Crippen molar-refractivity contribution in [3.63, 3.8) is 0 Å². The van der Waals surface area contributed by atoms with E-state index in [2.05, 4.69) is 10.3 Å². The van der Waals surface area contributed by atoms with Gasteiger partial charge in [0.15, 0.2) is 0 Å². The second-order valence-electron chi connectivity index (χ2n) is 4.79. The van der Waals surface area contributed by atoms with Crippen LogP contribution in [-0.2, 0) is 6.54 Å². The molecule has 0 aliphatic heterocycles. The molecule has 2 aromatic rings. The number of aryl methyl sites for hydroxylation is 1. The van der Waals surface area contributed by atoms with Gasteiger partial charge in [-0.25, -0.2) is 4.39 Å². The molecule has 0 fully saturated rings. The van der Waals surface area contributed by atoms with Crippen LogP contribution in [0.15, 0.2) is 36.4 Å². The standard InChI is InChI=1S/C16H19FN2O/c1-11-8-16(20-3)9-15(19-11)10-18-12(2)13-4-6-14(17)7-5-13/h4-9,12,18H,10H2,1-3H3/t12-/m0/s1. The van der Waals surface area contributed by atoms with Crippen molar-refractivity contribution in [2.75, 3.05) is 7.11 Å². The first-order valence-electron chi connectivity index (χ1n) is 6.59. The molecular weight excluding hydrogens is 255 g/mol. The predicted octanol–water partition coefficient (Wildman–Crippen LogP) is 3.39. The molecule has 0 amide bonds. The summed E-state index contributed by atoms with van der Waals surface area (Å²) in [5.74, 6) is 0.592. The van der Waals surface area contributed by atoms with E-state index >= 15 is 0 Å². The minimum atomic E-state index is -0.217. The van der Waals surface area contributed by atoms with Gasteiger partial charge in [-0.2, -0.15) is 0 Å². The first kappa shape index (κ1) is 14.5. The summed E-state index contributed by atoms with van der Waals surface area (Å²) in [6, 6.07) is 10.5. The van der Waals surface area contributed by atoms with E-state index in [1.54, 1.807) is 19.2 Å². The first-order valence-corrected chi connectivity index (χ1v) is 6.59. The molecule has 2 rings (SSSR count). The quantitative estimate of drug-likeness (QED) is 0.907. The number of nitrogens with one attached hydrogen (secondary N) is 1. The van der Waals surface area contributed by atoms with Crippen molar-refractivity contribution in [3.05, 3.63) is 59.2 Å². The van der Waals surface area contributed by atoms with Crippen LogP contribution in [0.3, 0.4) is 0 Å². The van der Waals surface area contributed by atoms with Crippen LogP contribution in [0, 0.1) is 12.7 Å². The normalized spacial score (nSPS) is 12.2. The van der Waals surface area contributed by atoms with Gasteiger partial charge < -0.3 is 10.1 Å². The van der Waals surface area contributed by atoms with E-state index in [9.17, 15) is 4.39 Å². The van der Waals surface area contributed by atoms with Crippen molar-refractivity contribution in [1.29, 1.82) is 0 Å². The van der Waals surface area contributed by atoms with Gasteiger partial charge in [0, 0.05) is 30.4 Å². The van der Waals surface area contributed by atoms with Crippen molar-refractivity contribution in [3.8, 4) is 5.75 Å². The molecule has 20 heavy (non-hydrogen) atoms. The highest BCUT2D eigenvalue weighted by atomic mass is 19.1. The number of hydrogen-bond acceptors (Lipinski definition) is 3. The number of ether oxygens (including phenoxy) is 1. The van der Waals surface area contributed by atoms with Crippen LogP contribution in [0.1, 0.15) is 29.9 Å². The number of nitrogens with zero attached hydrogens (tertiary/aromatic N) is 1. The van der Waals surface area contributed by atoms with Gasteiger partial charge in [-0.05, 0) is 31.5 Å². The number of benzene rings is 1. The fraction of sp³-hybridized carbons (Fsp3) is 0.312. The number of pyridine rings is 1. The van der Waals surface area contributed by atoms with Crippen LogP contribution in [0.5, 0.6) is 5.75 Å². The third kappa shape index (κ3) is 3.78. The lowest BCUT2D eigenvalue weighted by Crippen LogP contribution is -2.19. The molecule has 1 heterocycles. The van der Waals surface area contributed by atoms with Crippen LogP contribution >= 0.6 is 0 Å². The lowest BCUT2D eigenvalue weighted by molar-refractivity contribution is 0.412. The first-order chi connectivity index (χ1) is 9.58. The number of aromatic nitrogens is 1. The summed E-state index contributed by atoms with van der Waals surface area (Å²) in [5.41, 5.74) is 2.90. The Morgan fingerprint density at radius 1 is 1.25 bits per heavy atom.